The van der Waals surface area contributed by atoms with Gasteiger partial charge in [0.15, 0.2) is 0 Å². The molecule has 114 valence electrons. The SMILES string of the molecule is CCCNC(c1ccc(CCC)cc1)c1cc(C)nn1C. The van der Waals surface area contributed by atoms with Gasteiger partial charge in [-0.05, 0) is 43.5 Å². The van der Waals surface area contributed by atoms with Gasteiger partial charge in [0.05, 0.1) is 17.4 Å². The minimum absolute atomic E-state index is 0.215. The van der Waals surface area contributed by atoms with Crippen LogP contribution in [0.15, 0.2) is 30.3 Å². The van der Waals surface area contributed by atoms with E-state index in [0.717, 1.165) is 25.1 Å². The summed E-state index contributed by atoms with van der Waals surface area (Å²) in [5.74, 6) is 0. The zero-order chi connectivity index (χ0) is 15.2. The van der Waals surface area contributed by atoms with Crippen LogP contribution in [0.25, 0.3) is 0 Å². The fraction of sp³-hybridized carbons (Fsp3) is 0.500. The van der Waals surface area contributed by atoms with E-state index in [1.807, 2.05) is 18.7 Å². The first kappa shape index (κ1) is 15.8. The molecule has 1 heterocycles. The topological polar surface area (TPSA) is 29.9 Å². The molecule has 2 aromatic rings. The van der Waals surface area contributed by atoms with Gasteiger partial charge in [-0.3, -0.25) is 4.68 Å². The summed E-state index contributed by atoms with van der Waals surface area (Å²) < 4.78 is 1.99. The van der Waals surface area contributed by atoms with Crippen molar-refractivity contribution in [3.8, 4) is 0 Å². The maximum Gasteiger partial charge on any atom is 0.0748 e. The zero-order valence-electron chi connectivity index (χ0n) is 13.7. The molecule has 3 heteroatoms. The molecule has 0 aliphatic rings. The van der Waals surface area contributed by atoms with Crippen LogP contribution in [0.3, 0.4) is 0 Å². The van der Waals surface area contributed by atoms with Crippen LogP contribution in [0.2, 0.25) is 0 Å². The van der Waals surface area contributed by atoms with Crippen molar-refractivity contribution in [3.63, 3.8) is 0 Å². The molecule has 0 saturated carbocycles. The molecule has 1 N–H and O–H groups in total. The average Bonchev–Trinajstić information content (AvgIpc) is 2.80. The smallest absolute Gasteiger partial charge is 0.0748 e. The lowest BCUT2D eigenvalue weighted by molar-refractivity contribution is 0.553. The molecule has 0 bridgehead atoms. The van der Waals surface area contributed by atoms with E-state index in [1.165, 1.54) is 23.2 Å². The van der Waals surface area contributed by atoms with E-state index in [2.05, 4.69) is 54.6 Å². The minimum Gasteiger partial charge on any atom is -0.305 e. The van der Waals surface area contributed by atoms with Crippen molar-refractivity contribution in [3.05, 3.63) is 52.8 Å². The minimum atomic E-state index is 0.215. The summed E-state index contributed by atoms with van der Waals surface area (Å²) in [6.45, 7) is 7.47. The predicted molar refractivity (Wildman–Crippen MR) is 88.5 cm³/mol. The second-order valence-electron chi connectivity index (χ2n) is 5.71. The van der Waals surface area contributed by atoms with Gasteiger partial charge in [-0.15, -0.1) is 0 Å². The van der Waals surface area contributed by atoms with Crippen LogP contribution in [0, 0.1) is 6.92 Å². The molecule has 1 unspecified atom stereocenters. The molecule has 1 aromatic heterocycles. The van der Waals surface area contributed by atoms with Crippen molar-refractivity contribution in [2.75, 3.05) is 6.54 Å². The van der Waals surface area contributed by atoms with Crippen molar-refractivity contribution in [2.45, 2.75) is 46.1 Å². The first-order chi connectivity index (χ1) is 10.2. The Morgan fingerprint density at radius 2 is 1.86 bits per heavy atom. The third-order valence-corrected chi connectivity index (χ3v) is 3.78. The third kappa shape index (κ3) is 3.94. The van der Waals surface area contributed by atoms with Crippen LogP contribution in [0.4, 0.5) is 0 Å². The quantitative estimate of drug-likeness (QED) is 0.839. The summed E-state index contributed by atoms with van der Waals surface area (Å²) in [7, 11) is 2.02. The van der Waals surface area contributed by atoms with Crippen molar-refractivity contribution in [2.24, 2.45) is 7.05 Å². The lowest BCUT2D eigenvalue weighted by atomic mass is 10.00. The van der Waals surface area contributed by atoms with Gasteiger partial charge >= 0.3 is 0 Å². The second-order valence-corrected chi connectivity index (χ2v) is 5.71. The highest BCUT2D eigenvalue weighted by Crippen LogP contribution is 2.23. The summed E-state index contributed by atoms with van der Waals surface area (Å²) in [5.41, 5.74) is 5.02. The van der Waals surface area contributed by atoms with E-state index < -0.39 is 0 Å². The number of nitrogens with one attached hydrogen (secondary N) is 1. The Hall–Kier alpha value is -1.61. The number of hydrogen-bond acceptors (Lipinski definition) is 2. The van der Waals surface area contributed by atoms with Crippen molar-refractivity contribution >= 4 is 0 Å². The molecule has 3 nitrogen and oxygen atoms in total. The average molecular weight is 285 g/mol. The molecule has 0 saturated heterocycles. The van der Waals surface area contributed by atoms with Crippen molar-refractivity contribution in [1.82, 2.24) is 15.1 Å². The molecule has 0 aliphatic heterocycles. The summed E-state index contributed by atoms with van der Waals surface area (Å²) in [5, 5.41) is 8.14. The van der Waals surface area contributed by atoms with Crippen LogP contribution in [0.1, 0.15) is 55.2 Å². The number of hydrogen-bond donors (Lipinski definition) is 1. The highest BCUT2D eigenvalue weighted by molar-refractivity contribution is 5.31. The molecule has 0 fully saturated rings. The van der Waals surface area contributed by atoms with E-state index in [0.29, 0.717) is 0 Å². The van der Waals surface area contributed by atoms with E-state index in [1.54, 1.807) is 0 Å². The monoisotopic (exact) mass is 285 g/mol. The Morgan fingerprint density at radius 1 is 1.14 bits per heavy atom. The second kappa shape index (κ2) is 7.41. The normalized spacial score (nSPS) is 12.6. The number of nitrogens with zero attached hydrogens (tertiary/aromatic N) is 2. The Morgan fingerprint density at radius 3 is 2.38 bits per heavy atom. The van der Waals surface area contributed by atoms with Crippen LogP contribution in [0.5, 0.6) is 0 Å². The molecule has 1 aromatic carbocycles. The molecular weight excluding hydrogens is 258 g/mol. The zero-order valence-corrected chi connectivity index (χ0v) is 13.7. The van der Waals surface area contributed by atoms with Crippen LogP contribution < -0.4 is 5.32 Å². The Bertz CT molecular complexity index is 554. The lowest BCUT2D eigenvalue weighted by Gasteiger charge is -2.19. The van der Waals surface area contributed by atoms with Crippen LogP contribution in [-0.4, -0.2) is 16.3 Å². The summed E-state index contributed by atoms with van der Waals surface area (Å²) in [6, 6.07) is 11.4. The summed E-state index contributed by atoms with van der Waals surface area (Å²) in [4.78, 5) is 0. The number of benzene rings is 1. The molecule has 1 atom stereocenters. The van der Waals surface area contributed by atoms with Gasteiger partial charge in [0.2, 0.25) is 0 Å². The van der Waals surface area contributed by atoms with E-state index in [-0.39, 0.29) is 6.04 Å². The third-order valence-electron chi connectivity index (χ3n) is 3.78. The lowest BCUT2D eigenvalue weighted by Crippen LogP contribution is -2.25. The number of rotatable bonds is 7. The molecule has 0 spiro atoms. The predicted octanol–water partition coefficient (Wildman–Crippen LogP) is 3.77. The number of aryl methyl sites for hydroxylation is 3. The van der Waals surface area contributed by atoms with Gasteiger partial charge in [0.1, 0.15) is 0 Å². The largest absolute Gasteiger partial charge is 0.305 e. The van der Waals surface area contributed by atoms with Crippen LogP contribution >= 0.6 is 0 Å². The fourth-order valence-corrected chi connectivity index (χ4v) is 2.75. The van der Waals surface area contributed by atoms with Gasteiger partial charge in [0, 0.05) is 7.05 Å². The summed E-state index contributed by atoms with van der Waals surface area (Å²) >= 11 is 0. The van der Waals surface area contributed by atoms with Crippen molar-refractivity contribution < 1.29 is 0 Å². The van der Waals surface area contributed by atoms with Gasteiger partial charge in [-0.25, -0.2) is 0 Å². The van der Waals surface area contributed by atoms with E-state index >= 15 is 0 Å². The number of aromatic nitrogens is 2. The highest BCUT2D eigenvalue weighted by Gasteiger charge is 2.17. The molecule has 0 amide bonds. The highest BCUT2D eigenvalue weighted by atomic mass is 15.3. The summed E-state index contributed by atoms with van der Waals surface area (Å²) in [6.07, 6.45) is 3.47. The fourth-order valence-electron chi connectivity index (χ4n) is 2.75. The molecule has 0 radical (unpaired) electrons. The van der Waals surface area contributed by atoms with Crippen LogP contribution in [-0.2, 0) is 13.5 Å². The van der Waals surface area contributed by atoms with E-state index in [4.69, 9.17) is 0 Å². The Balaban J connectivity index is 2.28. The molecule has 2 rings (SSSR count). The maximum atomic E-state index is 4.49. The van der Waals surface area contributed by atoms with Gasteiger partial charge < -0.3 is 5.32 Å². The Kier molecular flexibility index (Phi) is 5.57. The standard InChI is InChI=1S/C18H27N3/c1-5-7-15-8-10-16(11-9-15)18(19-12-6-2)17-13-14(3)20-21(17)4/h8-11,13,18-19H,5-7,12H2,1-4H3. The van der Waals surface area contributed by atoms with Gasteiger partial charge in [-0.2, -0.15) is 5.10 Å². The molecule has 0 aliphatic carbocycles. The first-order valence-corrected chi connectivity index (χ1v) is 7.98. The van der Waals surface area contributed by atoms with E-state index in [9.17, 15) is 0 Å². The molecule has 21 heavy (non-hydrogen) atoms. The van der Waals surface area contributed by atoms with Crippen molar-refractivity contribution in [1.29, 1.82) is 0 Å². The first-order valence-electron chi connectivity index (χ1n) is 7.98. The van der Waals surface area contributed by atoms with Gasteiger partial charge in [0.25, 0.3) is 0 Å². The molecular formula is C18H27N3. The Labute approximate surface area is 128 Å². The van der Waals surface area contributed by atoms with Gasteiger partial charge in [-0.1, -0.05) is 44.5 Å². The maximum absolute atomic E-state index is 4.49.